The zero-order chi connectivity index (χ0) is 22.5. The van der Waals surface area contributed by atoms with E-state index in [1.807, 2.05) is 19.9 Å². The molecule has 30 heavy (non-hydrogen) atoms. The molecule has 0 bridgehead atoms. The number of alkyl halides is 3. The highest BCUT2D eigenvalue weighted by Crippen LogP contribution is 2.44. The summed E-state index contributed by atoms with van der Waals surface area (Å²) in [7, 11) is 0. The Morgan fingerprint density at radius 3 is 2.37 bits per heavy atom. The van der Waals surface area contributed by atoms with Gasteiger partial charge in [0.2, 0.25) is 0 Å². The van der Waals surface area contributed by atoms with E-state index in [0.29, 0.717) is 11.0 Å². The van der Waals surface area contributed by atoms with Crippen molar-refractivity contribution in [3.63, 3.8) is 0 Å². The van der Waals surface area contributed by atoms with Gasteiger partial charge in [-0.2, -0.15) is 13.2 Å². The van der Waals surface area contributed by atoms with Gasteiger partial charge in [0.05, 0.1) is 11.0 Å². The second-order valence-electron chi connectivity index (χ2n) is 8.59. The van der Waals surface area contributed by atoms with Crippen molar-refractivity contribution < 1.29 is 27.8 Å². The number of H-pyrrole nitrogens is 1. The lowest BCUT2D eigenvalue weighted by molar-refractivity contribution is -0.266. The van der Waals surface area contributed by atoms with Gasteiger partial charge in [0.15, 0.2) is 5.60 Å². The van der Waals surface area contributed by atoms with Crippen molar-refractivity contribution in [2.45, 2.75) is 57.7 Å². The fourth-order valence-electron chi connectivity index (χ4n) is 4.02. The first-order valence-electron chi connectivity index (χ1n) is 9.46. The predicted octanol–water partition coefficient (Wildman–Crippen LogP) is 5.23. The molecule has 0 radical (unpaired) electrons. The molecule has 3 rings (SSSR count). The number of aliphatic hydroxyl groups is 1. The average Bonchev–Trinajstić information content (AvgIpc) is 2.97. The number of hydrogen-bond donors (Lipinski definition) is 3. The lowest BCUT2D eigenvalue weighted by atomic mass is 9.73. The fourth-order valence-corrected chi connectivity index (χ4v) is 4.02. The van der Waals surface area contributed by atoms with Crippen LogP contribution in [-0.4, -0.2) is 32.0 Å². The zero-order valence-corrected chi connectivity index (χ0v) is 17.2. The maximum Gasteiger partial charge on any atom is 0.417 e. The normalized spacial score (nSPS) is 14.8. The van der Waals surface area contributed by atoms with Crippen molar-refractivity contribution in [2.24, 2.45) is 0 Å². The molecule has 0 aliphatic heterocycles. The number of imidazole rings is 1. The molecule has 3 aromatic rings. The molecule has 3 N–H and O–H groups in total. The number of phenolic OH excluding ortho intramolecular Hbond substituents is 1. The molecular weight excluding hydrogens is 400 g/mol. The predicted molar refractivity (Wildman–Crippen MR) is 106 cm³/mol. The summed E-state index contributed by atoms with van der Waals surface area (Å²) in [6, 6.07) is 6.74. The molecular formula is C22H24F4N2O2. The lowest BCUT2D eigenvalue weighted by Crippen LogP contribution is -2.51. The van der Waals surface area contributed by atoms with Crippen molar-refractivity contribution >= 4 is 11.0 Å². The van der Waals surface area contributed by atoms with Crippen molar-refractivity contribution in [2.75, 3.05) is 0 Å². The molecule has 0 amide bonds. The standard InChI is InChI=1S/C22H24F4N2O2/c1-12-7-13(2)19-16(8-12)27-18(28-19)10-21(30,22(24,25)26)11-20(3,4)15-9-14(23)5-6-17(15)29/h5-9,29-30H,10-11H2,1-4H3,(H,27,28). The third-order valence-electron chi connectivity index (χ3n) is 5.38. The van der Waals surface area contributed by atoms with E-state index < -0.39 is 35.9 Å². The molecule has 8 heteroatoms. The van der Waals surface area contributed by atoms with Crippen LogP contribution in [0.3, 0.4) is 0 Å². The van der Waals surface area contributed by atoms with Crippen molar-refractivity contribution in [3.8, 4) is 5.75 Å². The quantitative estimate of drug-likeness (QED) is 0.492. The van der Waals surface area contributed by atoms with Crippen LogP contribution in [-0.2, 0) is 11.8 Å². The summed E-state index contributed by atoms with van der Waals surface area (Å²) >= 11 is 0. The van der Waals surface area contributed by atoms with E-state index in [4.69, 9.17) is 0 Å². The summed E-state index contributed by atoms with van der Waals surface area (Å²) < 4.78 is 55.6. The summed E-state index contributed by atoms with van der Waals surface area (Å²) in [5, 5.41) is 20.8. The smallest absolute Gasteiger partial charge is 0.417 e. The number of halogens is 4. The van der Waals surface area contributed by atoms with E-state index >= 15 is 0 Å². The van der Waals surface area contributed by atoms with E-state index in [9.17, 15) is 27.8 Å². The Kier molecular flexibility index (Phi) is 5.35. The van der Waals surface area contributed by atoms with Crippen molar-refractivity contribution in [3.05, 3.63) is 58.7 Å². The summed E-state index contributed by atoms with van der Waals surface area (Å²) in [5.74, 6) is -1.02. The van der Waals surface area contributed by atoms with E-state index in [1.165, 1.54) is 13.8 Å². The van der Waals surface area contributed by atoms with Gasteiger partial charge in [0, 0.05) is 12.0 Å². The van der Waals surface area contributed by atoms with Crippen LogP contribution in [0.5, 0.6) is 5.75 Å². The van der Waals surface area contributed by atoms with Crippen molar-refractivity contribution in [1.82, 2.24) is 9.97 Å². The minimum Gasteiger partial charge on any atom is -0.508 e. The van der Waals surface area contributed by atoms with Crippen LogP contribution < -0.4 is 0 Å². The second kappa shape index (κ2) is 7.27. The number of aromatic amines is 1. The number of nitrogens with zero attached hydrogens (tertiary/aromatic N) is 1. The number of fused-ring (bicyclic) bond motifs is 1. The maximum absolute atomic E-state index is 14.0. The second-order valence-corrected chi connectivity index (χ2v) is 8.59. The van der Waals surface area contributed by atoms with E-state index in [0.717, 1.165) is 29.3 Å². The molecule has 0 aliphatic rings. The van der Waals surface area contributed by atoms with E-state index in [1.54, 1.807) is 6.07 Å². The molecule has 1 unspecified atom stereocenters. The molecule has 0 fully saturated rings. The van der Waals surface area contributed by atoms with Crippen molar-refractivity contribution in [1.29, 1.82) is 0 Å². The van der Waals surface area contributed by atoms with Gasteiger partial charge in [-0.15, -0.1) is 0 Å². The van der Waals surface area contributed by atoms with Crippen LogP contribution in [0, 0.1) is 19.7 Å². The third-order valence-corrected chi connectivity index (χ3v) is 5.38. The topological polar surface area (TPSA) is 69.1 Å². The Labute approximate surface area is 171 Å². The van der Waals surface area contributed by atoms with Gasteiger partial charge in [-0.3, -0.25) is 0 Å². The Hall–Kier alpha value is -2.61. The summed E-state index contributed by atoms with van der Waals surface area (Å²) in [6.45, 7) is 6.52. The van der Waals surface area contributed by atoms with Crippen LogP contribution in [0.4, 0.5) is 17.6 Å². The van der Waals surface area contributed by atoms with Gasteiger partial charge in [-0.25, -0.2) is 9.37 Å². The number of aryl methyl sites for hydroxylation is 2. The summed E-state index contributed by atoms with van der Waals surface area (Å²) in [5.41, 5.74) is -1.66. The molecule has 0 saturated heterocycles. The van der Waals surface area contributed by atoms with Crippen LogP contribution in [0.25, 0.3) is 11.0 Å². The van der Waals surface area contributed by atoms with Gasteiger partial charge in [-0.05, 0) is 61.1 Å². The Morgan fingerprint density at radius 1 is 1.07 bits per heavy atom. The fraction of sp³-hybridized carbons (Fsp3) is 0.409. The van der Waals surface area contributed by atoms with Gasteiger partial charge in [-0.1, -0.05) is 19.9 Å². The molecule has 0 spiro atoms. The SMILES string of the molecule is Cc1cc(C)c2nc(CC(O)(CC(C)(C)c3cc(F)ccc3O)C(F)(F)F)[nH]c2c1. The first-order chi connectivity index (χ1) is 13.7. The average molecular weight is 424 g/mol. The van der Waals surface area contributed by atoms with Gasteiger partial charge >= 0.3 is 6.18 Å². The van der Waals surface area contributed by atoms with E-state index in [-0.39, 0.29) is 17.1 Å². The molecule has 1 aromatic heterocycles. The number of benzene rings is 2. The molecule has 1 heterocycles. The number of nitrogens with one attached hydrogen (secondary N) is 1. The van der Waals surface area contributed by atoms with Crippen LogP contribution >= 0.6 is 0 Å². The highest BCUT2D eigenvalue weighted by molar-refractivity contribution is 5.79. The monoisotopic (exact) mass is 424 g/mol. The first-order valence-corrected chi connectivity index (χ1v) is 9.46. The Bertz CT molecular complexity index is 1090. The minimum atomic E-state index is -4.98. The highest BCUT2D eigenvalue weighted by Gasteiger charge is 2.56. The summed E-state index contributed by atoms with van der Waals surface area (Å²) in [6.07, 6.45) is -6.57. The Morgan fingerprint density at radius 2 is 1.73 bits per heavy atom. The molecule has 4 nitrogen and oxygen atoms in total. The first kappa shape index (κ1) is 22.1. The van der Waals surface area contributed by atoms with E-state index in [2.05, 4.69) is 9.97 Å². The molecule has 1 atom stereocenters. The molecule has 2 aromatic carbocycles. The highest BCUT2D eigenvalue weighted by atomic mass is 19.4. The third kappa shape index (κ3) is 4.14. The van der Waals surface area contributed by atoms with Gasteiger partial charge in [0.1, 0.15) is 17.4 Å². The lowest BCUT2D eigenvalue weighted by Gasteiger charge is -2.37. The zero-order valence-electron chi connectivity index (χ0n) is 17.2. The molecule has 162 valence electrons. The number of hydrogen-bond acceptors (Lipinski definition) is 3. The summed E-state index contributed by atoms with van der Waals surface area (Å²) in [4.78, 5) is 7.13. The maximum atomic E-state index is 14.0. The number of aromatic hydroxyl groups is 1. The number of phenols is 1. The number of aromatic nitrogens is 2. The Balaban J connectivity index is 2.01. The van der Waals surface area contributed by atoms with Gasteiger partial charge < -0.3 is 15.2 Å². The molecule has 0 aliphatic carbocycles. The van der Waals surface area contributed by atoms with Crippen LogP contribution in [0.15, 0.2) is 30.3 Å². The molecule has 0 saturated carbocycles. The van der Waals surface area contributed by atoms with Crippen LogP contribution in [0.2, 0.25) is 0 Å². The van der Waals surface area contributed by atoms with Crippen LogP contribution in [0.1, 0.15) is 42.8 Å². The number of rotatable bonds is 5. The minimum absolute atomic E-state index is 0.00205. The largest absolute Gasteiger partial charge is 0.508 e. The van der Waals surface area contributed by atoms with Gasteiger partial charge in [0.25, 0.3) is 0 Å².